The number of benzene rings is 2. The Balaban J connectivity index is 0.737. The lowest BCUT2D eigenvalue weighted by molar-refractivity contribution is -0.136. The summed E-state index contributed by atoms with van der Waals surface area (Å²) in [5.74, 6) is -1.18. The number of unbranched alkanes of at least 4 members (excludes halogenated alkanes) is 3. The number of amides is 5. The summed E-state index contributed by atoms with van der Waals surface area (Å²) in [6.07, 6.45) is 11.6. The molecule has 5 aliphatic rings. The summed E-state index contributed by atoms with van der Waals surface area (Å²) < 4.78 is 0. The first-order valence-electron chi connectivity index (χ1n) is 21.8. The molecule has 1 unspecified atom stereocenters. The second-order valence-corrected chi connectivity index (χ2v) is 17.7. The zero-order valence-electron chi connectivity index (χ0n) is 34.3. The largest absolute Gasteiger partial charge is 0.371 e. The number of carbonyl (C=O) groups excluding carboxylic acids is 5. The van der Waals surface area contributed by atoms with Crippen molar-refractivity contribution >= 4 is 51.7 Å². The number of nitriles is 1. The molecular formula is C45H55N9O5S. The Morgan fingerprint density at radius 3 is 2.37 bits per heavy atom. The minimum absolute atomic E-state index is 0.0928. The van der Waals surface area contributed by atoms with Gasteiger partial charge in [-0.25, -0.2) is 10.4 Å². The second kappa shape index (κ2) is 19.0. The predicted molar refractivity (Wildman–Crippen MR) is 229 cm³/mol. The Labute approximate surface area is 355 Å². The number of fused-ring (bicyclic) bond motifs is 1. The first kappa shape index (κ1) is 41.6. The van der Waals surface area contributed by atoms with Crippen molar-refractivity contribution in [1.29, 1.82) is 5.26 Å². The molecule has 2 aromatic carbocycles. The van der Waals surface area contributed by atoms with Crippen molar-refractivity contribution in [3.8, 4) is 17.3 Å². The lowest BCUT2D eigenvalue weighted by atomic mass is 9.94. The number of imide groups is 2. The normalized spacial score (nSPS) is 20.4. The van der Waals surface area contributed by atoms with Crippen molar-refractivity contribution in [1.82, 2.24) is 30.4 Å². The summed E-state index contributed by atoms with van der Waals surface area (Å²) in [6.45, 7) is 6.64. The summed E-state index contributed by atoms with van der Waals surface area (Å²) in [4.78, 5) is 77.1. The van der Waals surface area contributed by atoms with Crippen LogP contribution in [-0.2, 0) is 14.4 Å². The highest BCUT2D eigenvalue weighted by atomic mass is 32.1. The third kappa shape index (κ3) is 9.41. The molecular weight excluding hydrogens is 779 g/mol. The van der Waals surface area contributed by atoms with E-state index in [1.165, 1.54) is 25.7 Å². The van der Waals surface area contributed by atoms with E-state index in [1.54, 1.807) is 23.5 Å². The molecule has 1 atom stereocenters. The third-order valence-electron chi connectivity index (χ3n) is 12.9. The quantitative estimate of drug-likeness (QED) is 0.115. The molecule has 5 amide bonds. The molecule has 3 aromatic rings. The molecule has 1 aliphatic carbocycles. The molecule has 5 heterocycles. The molecule has 8 rings (SSSR count). The van der Waals surface area contributed by atoms with Crippen LogP contribution in [0.25, 0.3) is 11.3 Å². The first-order chi connectivity index (χ1) is 29.2. The standard InChI is InChI=1S/C45H55N9O5S/c46-28-31-13-15-33(16-14-31)36-30-60-45(47-36)53(49-34-8-4-5-9-34)21-6-2-1-3-12-40(56)52-26-24-50(25-27-52)29-32-19-22-51(23-20-32)37-11-7-10-35-41(37)44(59)54(43(35)58)38-17-18-39(55)48-42(38)57/h7,10-11,13-16,30,32,34,38,49H,1-6,8-9,12,17-27,29H2,(H,48,55,57). The van der Waals surface area contributed by atoms with Crippen molar-refractivity contribution in [2.45, 2.75) is 95.6 Å². The van der Waals surface area contributed by atoms with Crippen LogP contribution >= 0.6 is 11.3 Å². The van der Waals surface area contributed by atoms with Gasteiger partial charge in [0, 0.05) is 82.2 Å². The number of thiazole rings is 1. The molecule has 4 fully saturated rings. The monoisotopic (exact) mass is 833 g/mol. The number of hydrogen-bond donors (Lipinski definition) is 2. The van der Waals surface area contributed by atoms with Crippen molar-refractivity contribution in [3.63, 3.8) is 0 Å². The van der Waals surface area contributed by atoms with Crippen LogP contribution < -0.4 is 20.7 Å². The summed E-state index contributed by atoms with van der Waals surface area (Å²) in [5.41, 5.74) is 7.74. The van der Waals surface area contributed by atoms with E-state index in [4.69, 9.17) is 10.2 Å². The first-order valence-corrected chi connectivity index (χ1v) is 22.7. The number of aromatic nitrogens is 1. The van der Waals surface area contributed by atoms with Gasteiger partial charge in [-0.1, -0.05) is 43.9 Å². The molecule has 2 N–H and O–H groups in total. The highest BCUT2D eigenvalue weighted by Gasteiger charge is 2.46. The van der Waals surface area contributed by atoms with Gasteiger partial charge in [0.05, 0.1) is 34.1 Å². The smallest absolute Gasteiger partial charge is 0.264 e. The van der Waals surface area contributed by atoms with E-state index in [0.717, 1.165) is 118 Å². The number of piperazine rings is 1. The summed E-state index contributed by atoms with van der Waals surface area (Å²) in [6, 6.07) is 14.6. The maximum atomic E-state index is 13.6. The number of rotatable bonds is 15. The van der Waals surface area contributed by atoms with E-state index >= 15 is 0 Å². The molecule has 1 saturated carbocycles. The zero-order chi connectivity index (χ0) is 41.6. The van der Waals surface area contributed by atoms with Gasteiger partial charge in [0.1, 0.15) is 6.04 Å². The molecule has 316 valence electrons. The second-order valence-electron chi connectivity index (χ2n) is 16.9. The third-order valence-corrected chi connectivity index (χ3v) is 13.8. The van der Waals surface area contributed by atoms with Gasteiger partial charge in [0.25, 0.3) is 11.8 Å². The highest BCUT2D eigenvalue weighted by Crippen LogP contribution is 2.36. The van der Waals surface area contributed by atoms with Crippen LogP contribution in [0.1, 0.15) is 110 Å². The van der Waals surface area contributed by atoms with Gasteiger partial charge < -0.3 is 9.80 Å². The molecule has 1 aromatic heterocycles. The van der Waals surface area contributed by atoms with Gasteiger partial charge in [-0.05, 0) is 75.1 Å². The summed E-state index contributed by atoms with van der Waals surface area (Å²) in [7, 11) is 0. The molecule has 3 saturated heterocycles. The van der Waals surface area contributed by atoms with Gasteiger partial charge in [-0.15, -0.1) is 11.3 Å². The van der Waals surface area contributed by atoms with Crippen LogP contribution in [0.2, 0.25) is 0 Å². The van der Waals surface area contributed by atoms with E-state index in [-0.39, 0.29) is 24.7 Å². The number of nitrogens with one attached hydrogen (secondary N) is 2. The minimum atomic E-state index is -0.978. The molecule has 0 spiro atoms. The van der Waals surface area contributed by atoms with Gasteiger partial charge in [0.15, 0.2) is 5.13 Å². The fraction of sp³-hybridized carbons (Fsp3) is 0.533. The number of carbonyl (C=O) groups is 5. The Kier molecular flexibility index (Phi) is 13.2. The number of hydrogen-bond acceptors (Lipinski definition) is 12. The number of piperidine rings is 2. The summed E-state index contributed by atoms with van der Waals surface area (Å²) >= 11 is 1.64. The van der Waals surface area contributed by atoms with Crippen LogP contribution in [0.3, 0.4) is 0 Å². The summed E-state index contributed by atoms with van der Waals surface area (Å²) in [5, 5.41) is 16.7. The average Bonchev–Trinajstić information content (AvgIpc) is 4.03. The average molecular weight is 834 g/mol. The Morgan fingerprint density at radius 1 is 0.883 bits per heavy atom. The van der Waals surface area contributed by atoms with E-state index in [0.29, 0.717) is 35.1 Å². The highest BCUT2D eigenvalue weighted by molar-refractivity contribution is 7.14. The predicted octanol–water partition coefficient (Wildman–Crippen LogP) is 5.35. The Hall–Kier alpha value is -5.17. The van der Waals surface area contributed by atoms with Gasteiger partial charge in [0.2, 0.25) is 17.7 Å². The van der Waals surface area contributed by atoms with E-state index in [1.807, 2.05) is 35.2 Å². The van der Waals surface area contributed by atoms with Gasteiger partial charge >= 0.3 is 0 Å². The molecule has 60 heavy (non-hydrogen) atoms. The topological polar surface area (TPSA) is 162 Å². The molecule has 0 bridgehead atoms. The Bertz CT molecular complexity index is 2100. The number of hydrazine groups is 1. The van der Waals surface area contributed by atoms with E-state index in [9.17, 15) is 24.0 Å². The van der Waals surface area contributed by atoms with E-state index in [2.05, 4.69) is 37.0 Å². The lowest BCUT2D eigenvalue weighted by Crippen LogP contribution is -2.54. The molecule has 14 nitrogen and oxygen atoms in total. The maximum Gasteiger partial charge on any atom is 0.264 e. The van der Waals surface area contributed by atoms with Crippen molar-refractivity contribution < 1.29 is 24.0 Å². The maximum absolute atomic E-state index is 13.6. The van der Waals surface area contributed by atoms with Crippen LogP contribution in [0.5, 0.6) is 0 Å². The minimum Gasteiger partial charge on any atom is -0.371 e. The fourth-order valence-electron chi connectivity index (χ4n) is 9.45. The van der Waals surface area contributed by atoms with Crippen LogP contribution in [0.15, 0.2) is 47.8 Å². The lowest BCUT2D eigenvalue weighted by Gasteiger charge is -2.39. The van der Waals surface area contributed by atoms with Crippen molar-refractivity contribution in [2.75, 3.05) is 62.3 Å². The van der Waals surface area contributed by atoms with Crippen molar-refractivity contribution in [3.05, 3.63) is 64.5 Å². The van der Waals surface area contributed by atoms with Crippen LogP contribution in [0, 0.1) is 17.2 Å². The van der Waals surface area contributed by atoms with Crippen LogP contribution in [0.4, 0.5) is 10.8 Å². The molecule has 4 aliphatic heterocycles. The van der Waals surface area contributed by atoms with Gasteiger partial charge in [-0.3, -0.25) is 44.1 Å². The number of nitrogens with zero attached hydrogens (tertiary/aromatic N) is 7. The van der Waals surface area contributed by atoms with Crippen molar-refractivity contribution in [2.24, 2.45) is 5.92 Å². The molecule has 0 radical (unpaired) electrons. The molecule has 15 heteroatoms. The number of anilines is 2. The zero-order valence-corrected chi connectivity index (χ0v) is 35.1. The van der Waals surface area contributed by atoms with E-state index < -0.39 is 23.8 Å². The van der Waals surface area contributed by atoms with Crippen LogP contribution in [-0.4, -0.2) is 114 Å². The Morgan fingerprint density at radius 2 is 1.63 bits per heavy atom. The SMILES string of the molecule is N#Cc1ccc(-c2csc(N(CCCCCCC(=O)N3CCN(CC4CCN(c5cccc6c5C(=O)N(C5CCC(=O)NC5=O)C6=O)CC4)CC3)NC3CCCC3)n2)cc1. The fourth-order valence-corrected chi connectivity index (χ4v) is 10.3. The van der Waals surface area contributed by atoms with Gasteiger partial charge in [-0.2, -0.15) is 5.26 Å².